The van der Waals surface area contributed by atoms with E-state index in [0.717, 1.165) is 18.2 Å². The monoisotopic (exact) mass is 490 g/mol. The molecule has 0 spiro atoms. The Balaban J connectivity index is 1.56. The number of ether oxygens (including phenoxy) is 3. The van der Waals surface area contributed by atoms with Crippen LogP contribution >= 0.6 is 11.6 Å². The summed E-state index contributed by atoms with van der Waals surface area (Å²) in [6, 6.07) is 11.4. The van der Waals surface area contributed by atoms with Gasteiger partial charge in [0.25, 0.3) is 0 Å². The Hall–Kier alpha value is -2.88. The first-order chi connectivity index (χ1) is 15.8. The molecule has 3 aromatic rings. The molecule has 33 heavy (non-hydrogen) atoms. The molecule has 1 aliphatic rings. The van der Waals surface area contributed by atoms with E-state index in [1.165, 1.54) is 29.6 Å². The van der Waals surface area contributed by atoms with Crippen LogP contribution < -0.4 is 9.47 Å². The van der Waals surface area contributed by atoms with Crippen LogP contribution in [0.15, 0.2) is 47.4 Å². The molecule has 1 aliphatic heterocycles. The lowest BCUT2D eigenvalue weighted by Crippen LogP contribution is -2.28. The number of hydrogen-bond acceptors (Lipinski definition) is 7. The summed E-state index contributed by atoms with van der Waals surface area (Å²) in [5, 5.41) is 1.02. The molecule has 10 heteroatoms. The zero-order chi connectivity index (χ0) is 23.6. The minimum Gasteiger partial charge on any atom is -0.497 e. The van der Waals surface area contributed by atoms with E-state index in [9.17, 15) is 13.2 Å². The van der Waals surface area contributed by atoms with E-state index < -0.39 is 16.0 Å². The van der Waals surface area contributed by atoms with E-state index in [0.29, 0.717) is 29.9 Å². The Labute approximate surface area is 197 Å². The van der Waals surface area contributed by atoms with Crippen LogP contribution in [0.25, 0.3) is 10.9 Å². The fourth-order valence-electron chi connectivity index (χ4n) is 3.69. The number of aromatic nitrogens is 1. The zero-order valence-corrected chi connectivity index (χ0v) is 19.8. The second-order valence-corrected chi connectivity index (χ2v) is 9.81. The van der Waals surface area contributed by atoms with E-state index in [-0.39, 0.29) is 28.0 Å². The predicted molar refractivity (Wildman–Crippen MR) is 123 cm³/mol. The van der Waals surface area contributed by atoms with E-state index in [1.54, 1.807) is 25.3 Å². The highest BCUT2D eigenvalue weighted by Gasteiger charge is 2.31. The molecule has 0 amide bonds. The van der Waals surface area contributed by atoms with Crippen LogP contribution in [0.3, 0.4) is 0 Å². The first-order valence-corrected chi connectivity index (χ1v) is 12.1. The molecule has 1 saturated heterocycles. The summed E-state index contributed by atoms with van der Waals surface area (Å²) < 4.78 is 43.3. The van der Waals surface area contributed by atoms with E-state index >= 15 is 0 Å². The number of nitrogens with zero attached hydrogens (tertiary/aromatic N) is 2. The van der Waals surface area contributed by atoms with Crippen LogP contribution in [0.5, 0.6) is 11.5 Å². The second-order valence-electron chi connectivity index (χ2n) is 7.55. The van der Waals surface area contributed by atoms with E-state index in [1.807, 2.05) is 6.07 Å². The molecule has 0 atom stereocenters. The topological polar surface area (TPSA) is 95.0 Å². The molecule has 0 bridgehead atoms. The lowest BCUT2D eigenvalue weighted by molar-refractivity contribution is 0.0472. The highest BCUT2D eigenvalue weighted by atomic mass is 35.5. The summed E-state index contributed by atoms with van der Waals surface area (Å²) >= 11 is 6.28. The molecule has 174 valence electrons. The summed E-state index contributed by atoms with van der Waals surface area (Å²) in [6.07, 6.45) is 1.60. The molecule has 1 aromatic heterocycles. The largest absolute Gasteiger partial charge is 0.497 e. The third-order valence-electron chi connectivity index (χ3n) is 5.49. The van der Waals surface area contributed by atoms with Gasteiger partial charge in [0, 0.05) is 30.1 Å². The summed E-state index contributed by atoms with van der Waals surface area (Å²) in [6.45, 7) is 0.770. The number of methoxy groups -OCH3 is 2. The summed E-state index contributed by atoms with van der Waals surface area (Å²) in [7, 11) is -0.826. The lowest BCUT2D eigenvalue weighted by Gasteiger charge is -2.18. The minimum absolute atomic E-state index is 0.0549. The second kappa shape index (κ2) is 9.54. The number of benzene rings is 2. The molecule has 2 heterocycles. The third kappa shape index (κ3) is 4.75. The molecule has 1 fully saturated rings. The molecule has 0 saturated carbocycles. The Morgan fingerprint density at radius 2 is 1.82 bits per heavy atom. The van der Waals surface area contributed by atoms with Gasteiger partial charge >= 0.3 is 5.97 Å². The molecule has 0 unspecified atom stereocenters. The summed E-state index contributed by atoms with van der Waals surface area (Å²) in [5.74, 6) is 0.154. The van der Waals surface area contributed by atoms with Crippen molar-refractivity contribution in [1.82, 2.24) is 9.29 Å². The minimum atomic E-state index is -3.78. The molecule has 8 nitrogen and oxygen atoms in total. The molecule has 0 radical (unpaired) electrons. The van der Waals surface area contributed by atoms with Crippen molar-refractivity contribution >= 4 is 38.5 Å². The van der Waals surface area contributed by atoms with Crippen molar-refractivity contribution in [2.75, 3.05) is 27.3 Å². The maximum atomic E-state index is 13.0. The van der Waals surface area contributed by atoms with Crippen molar-refractivity contribution in [1.29, 1.82) is 0 Å². The Morgan fingerprint density at radius 3 is 2.52 bits per heavy atom. The van der Waals surface area contributed by atoms with Crippen LogP contribution in [-0.4, -0.2) is 51.0 Å². The quantitative estimate of drug-likeness (QED) is 0.364. The highest BCUT2D eigenvalue weighted by molar-refractivity contribution is 7.89. The van der Waals surface area contributed by atoms with Gasteiger partial charge in [0.05, 0.1) is 25.3 Å². The van der Waals surface area contributed by atoms with Gasteiger partial charge in [0.2, 0.25) is 10.0 Å². The molecular weight excluding hydrogens is 468 g/mol. The maximum absolute atomic E-state index is 13.0. The van der Waals surface area contributed by atoms with Crippen LogP contribution in [0.2, 0.25) is 5.15 Å². The van der Waals surface area contributed by atoms with Crippen molar-refractivity contribution in [2.24, 2.45) is 0 Å². The number of pyridine rings is 1. The summed E-state index contributed by atoms with van der Waals surface area (Å²) in [5.41, 5.74) is 1.28. The standard InChI is InChI=1S/C23H23ClN2O6S/c1-30-18-7-5-15-11-17(22(24)25-19(15)13-18)14-32-23(27)16-6-8-20(31-2)21(12-16)33(28,29)26-9-3-4-10-26/h5-8,11-13H,3-4,9-10,14H2,1-2H3. The predicted octanol–water partition coefficient (Wildman–Crippen LogP) is 4.05. The molecule has 4 rings (SSSR count). The van der Waals surface area contributed by atoms with Gasteiger partial charge in [-0.3, -0.25) is 0 Å². The number of carbonyl (C=O) groups is 1. The Bertz CT molecular complexity index is 1310. The fourth-order valence-corrected chi connectivity index (χ4v) is 5.59. The van der Waals surface area contributed by atoms with Crippen LogP contribution in [-0.2, 0) is 21.4 Å². The average Bonchev–Trinajstić information content (AvgIpc) is 3.37. The normalized spacial score (nSPS) is 14.4. The van der Waals surface area contributed by atoms with Gasteiger partial charge in [-0.2, -0.15) is 4.31 Å². The Morgan fingerprint density at radius 1 is 1.06 bits per heavy atom. The van der Waals surface area contributed by atoms with Gasteiger partial charge in [-0.05, 0) is 49.2 Å². The number of esters is 1. The van der Waals surface area contributed by atoms with Crippen LogP contribution in [0.4, 0.5) is 0 Å². The zero-order valence-electron chi connectivity index (χ0n) is 18.2. The number of sulfonamides is 1. The van der Waals surface area contributed by atoms with Gasteiger partial charge in [0.15, 0.2) is 0 Å². The fraction of sp³-hybridized carbons (Fsp3) is 0.304. The van der Waals surface area contributed by atoms with Gasteiger partial charge in [-0.15, -0.1) is 0 Å². The van der Waals surface area contributed by atoms with Crippen molar-refractivity contribution < 1.29 is 27.4 Å². The van der Waals surface area contributed by atoms with Crippen molar-refractivity contribution in [3.05, 3.63) is 58.7 Å². The number of rotatable bonds is 7. The van der Waals surface area contributed by atoms with Gasteiger partial charge < -0.3 is 14.2 Å². The summed E-state index contributed by atoms with van der Waals surface area (Å²) in [4.78, 5) is 17.0. The number of halogens is 1. The van der Waals surface area contributed by atoms with Gasteiger partial charge in [-0.1, -0.05) is 11.6 Å². The number of hydrogen-bond donors (Lipinski definition) is 0. The van der Waals surface area contributed by atoms with Crippen molar-refractivity contribution in [2.45, 2.75) is 24.3 Å². The van der Waals surface area contributed by atoms with Crippen molar-refractivity contribution in [3.63, 3.8) is 0 Å². The average molecular weight is 491 g/mol. The van der Waals surface area contributed by atoms with Crippen molar-refractivity contribution in [3.8, 4) is 11.5 Å². The number of carbonyl (C=O) groups excluding carboxylic acids is 1. The first kappa shape index (κ1) is 23.3. The maximum Gasteiger partial charge on any atom is 0.338 e. The Kier molecular flexibility index (Phi) is 6.73. The molecule has 0 aliphatic carbocycles. The van der Waals surface area contributed by atoms with E-state index in [4.69, 9.17) is 25.8 Å². The molecule has 2 aromatic carbocycles. The van der Waals surface area contributed by atoms with E-state index in [2.05, 4.69) is 4.98 Å². The van der Waals surface area contributed by atoms with Crippen LogP contribution in [0, 0.1) is 0 Å². The van der Waals surface area contributed by atoms with Gasteiger partial charge in [-0.25, -0.2) is 18.2 Å². The number of fused-ring (bicyclic) bond motifs is 1. The van der Waals surface area contributed by atoms with Gasteiger partial charge in [0.1, 0.15) is 28.2 Å². The third-order valence-corrected chi connectivity index (χ3v) is 7.74. The molecular formula is C23H23ClN2O6S. The highest BCUT2D eigenvalue weighted by Crippen LogP contribution is 2.30. The smallest absolute Gasteiger partial charge is 0.338 e. The SMILES string of the molecule is COc1ccc2cc(COC(=O)c3ccc(OC)c(S(=O)(=O)N4CCCC4)c3)c(Cl)nc2c1. The molecule has 0 N–H and O–H groups in total. The lowest BCUT2D eigenvalue weighted by atomic mass is 10.1. The van der Waals surface area contributed by atoms with Crippen LogP contribution in [0.1, 0.15) is 28.8 Å². The first-order valence-electron chi connectivity index (χ1n) is 10.3.